The summed E-state index contributed by atoms with van der Waals surface area (Å²) in [6.45, 7) is -1.00. The standard InChI is InChI=1S/C13H12F2N2O2S/c1-2-11-16-7-10(20-11)12(18)17-8-5-3-4-6-9(8)19-13(14)15/h3-7,13H,2H2,1H3,(H,17,18). The van der Waals surface area contributed by atoms with Gasteiger partial charge in [0, 0.05) is 0 Å². The summed E-state index contributed by atoms with van der Waals surface area (Å²) in [6, 6.07) is 6.04. The topological polar surface area (TPSA) is 51.2 Å². The minimum Gasteiger partial charge on any atom is -0.433 e. The molecule has 1 amide bonds. The first-order chi connectivity index (χ1) is 9.60. The highest BCUT2D eigenvalue weighted by Crippen LogP contribution is 2.26. The lowest BCUT2D eigenvalue weighted by Gasteiger charge is -2.10. The van der Waals surface area contributed by atoms with Crippen molar-refractivity contribution in [3.63, 3.8) is 0 Å². The Balaban J connectivity index is 2.15. The van der Waals surface area contributed by atoms with Gasteiger partial charge in [0.15, 0.2) is 0 Å². The number of thiazole rings is 1. The molecule has 0 fully saturated rings. The van der Waals surface area contributed by atoms with Gasteiger partial charge in [-0.1, -0.05) is 19.1 Å². The number of amides is 1. The summed E-state index contributed by atoms with van der Waals surface area (Å²) in [5, 5.41) is 3.38. The van der Waals surface area contributed by atoms with Gasteiger partial charge in [0.1, 0.15) is 10.6 Å². The number of nitrogens with zero attached hydrogens (tertiary/aromatic N) is 1. The van der Waals surface area contributed by atoms with E-state index in [1.807, 2.05) is 6.92 Å². The van der Waals surface area contributed by atoms with E-state index >= 15 is 0 Å². The molecule has 7 heteroatoms. The van der Waals surface area contributed by atoms with Crippen molar-refractivity contribution in [3.05, 3.63) is 40.3 Å². The molecule has 2 aromatic rings. The second-order valence-electron chi connectivity index (χ2n) is 3.80. The number of anilines is 1. The lowest BCUT2D eigenvalue weighted by Crippen LogP contribution is -2.12. The normalized spacial score (nSPS) is 10.6. The van der Waals surface area contributed by atoms with E-state index < -0.39 is 12.5 Å². The van der Waals surface area contributed by atoms with Crippen molar-refractivity contribution in [2.75, 3.05) is 5.32 Å². The lowest BCUT2D eigenvalue weighted by atomic mass is 10.3. The number of aromatic nitrogens is 1. The number of alkyl halides is 2. The average Bonchev–Trinajstić information content (AvgIpc) is 2.89. The van der Waals surface area contributed by atoms with Gasteiger partial charge in [-0.3, -0.25) is 4.79 Å². The molecule has 1 aromatic carbocycles. The van der Waals surface area contributed by atoms with E-state index in [4.69, 9.17) is 0 Å². The largest absolute Gasteiger partial charge is 0.433 e. The molecule has 1 aromatic heterocycles. The molecule has 0 atom stereocenters. The molecular weight excluding hydrogens is 286 g/mol. The summed E-state index contributed by atoms with van der Waals surface area (Å²) in [5.74, 6) is -0.469. The van der Waals surface area contributed by atoms with Crippen molar-refractivity contribution in [1.29, 1.82) is 0 Å². The number of hydrogen-bond donors (Lipinski definition) is 1. The Bertz CT molecular complexity index is 602. The first kappa shape index (κ1) is 14.4. The van der Waals surface area contributed by atoms with E-state index in [-0.39, 0.29) is 11.4 Å². The van der Waals surface area contributed by atoms with E-state index in [1.54, 1.807) is 12.1 Å². The molecule has 0 bridgehead atoms. The summed E-state index contributed by atoms with van der Waals surface area (Å²) in [4.78, 5) is 16.5. The number of benzene rings is 1. The fourth-order valence-electron chi connectivity index (χ4n) is 1.53. The highest BCUT2D eigenvalue weighted by molar-refractivity contribution is 7.13. The number of nitrogens with one attached hydrogen (secondary N) is 1. The number of aryl methyl sites for hydroxylation is 1. The van der Waals surface area contributed by atoms with E-state index in [2.05, 4.69) is 15.0 Å². The zero-order valence-corrected chi connectivity index (χ0v) is 11.4. The maximum absolute atomic E-state index is 12.3. The number of carbonyl (C=O) groups is 1. The van der Waals surface area contributed by atoms with Crippen LogP contribution in [-0.2, 0) is 6.42 Å². The van der Waals surface area contributed by atoms with E-state index in [9.17, 15) is 13.6 Å². The summed E-state index contributed by atoms with van der Waals surface area (Å²) in [6.07, 6.45) is 2.21. The molecular formula is C13H12F2N2O2S. The molecule has 0 radical (unpaired) electrons. The second-order valence-corrected chi connectivity index (χ2v) is 4.92. The maximum atomic E-state index is 12.3. The first-order valence-electron chi connectivity index (χ1n) is 5.90. The van der Waals surface area contributed by atoms with Gasteiger partial charge in [-0.15, -0.1) is 11.3 Å². The molecule has 0 saturated heterocycles. The van der Waals surface area contributed by atoms with Crippen molar-refractivity contribution < 1.29 is 18.3 Å². The van der Waals surface area contributed by atoms with E-state index in [1.165, 1.54) is 29.7 Å². The van der Waals surface area contributed by atoms with Crippen LogP contribution in [-0.4, -0.2) is 17.5 Å². The Morgan fingerprint density at radius 1 is 1.45 bits per heavy atom. The van der Waals surface area contributed by atoms with Crippen LogP contribution in [0.4, 0.5) is 14.5 Å². The van der Waals surface area contributed by atoms with Crippen LogP contribution in [0, 0.1) is 0 Å². The predicted molar refractivity (Wildman–Crippen MR) is 72.5 cm³/mol. The maximum Gasteiger partial charge on any atom is 0.387 e. The van der Waals surface area contributed by atoms with Crippen molar-refractivity contribution in [2.45, 2.75) is 20.0 Å². The number of hydrogen-bond acceptors (Lipinski definition) is 4. The molecule has 106 valence electrons. The third kappa shape index (κ3) is 3.51. The number of ether oxygens (including phenoxy) is 1. The Hall–Kier alpha value is -2.02. The smallest absolute Gasteiger partial charge is 0.387 e. The van der Waals surface area contributed by atoms with Gasteiger partial charge in [-0.2, -0.15) is 8.78 Å². The van der Waals surface area contributed by atoms with Crippen LogP contribution in [0.1, 0.15) is 21.6 Å². The Labute approximate surface area is 118 Å². The zero-order chi connectivity index (χ0) is 14.5. The van der Waals surface area contributed by atoms with Crippen LogP contribution >= 0.6 is 11.3 Å². The van der Waals surface area contributed by atoms with Gasteiger partial charge < -0.3 is 10.1 Å². The SMILES string of the molecule is CCc1ncc(C(=O)Nc2ccccc2OC(F)F)s1. The monoisotopic (exact) mass is 298 g/mol. The van der Waals surface area contributed by atoms with Gasteiger partial charge in [-0.25, -0.2) is 4.98 Å². The van der Waals surface area contributed by atoms with Crippen molar-refractivity contribution in [1.82, 2.24) is 4.98 Å². The van der Waals surface area contributed by atoms with Gasteiger partial charge in [0.2, 0.25) is 0 Å². The van der Waals surface area contributed by atoms with Crippen LogP contribution in [0.5, 0.6) is 5.75 Å². The quantitative estimate of drug-likeness (QED) is 0.918. The van der Waals surface area contributed by atoms with E-state index in [0.717, 1.165) is 11.4 Å². The van der Waals surface area contributed by atoms with Crippen LogP contribution < -0.4 is 10.1 Å². The molecule has 0 saturated carbocycles. The van der Waals surface area contributed by atoms with Crippen molar-refractivity contribution >= 4 is 22.9 Å². The number of halogens is 2. The number of para-hydroxylation sites is 2. The fourth-order valence-corrected chi connectivity index (χ4v) is 2.28. The second kappa shape index (κ2) is 6.42. The molecule has 0 spiro atoms. The highest BCUT2D eigenvalue weighted by Gasteiger charge is 2.14. The van der Waals surface area contributed by atoms with Crippen LogP contribution in [0.25, 0.3) is 0 Å². The third-order valence-electron chi connectivity index (χ3n) is 2.43. The molecule has 0 unspecified atom stereocenters. The number of rotatable bonds is 5. The van der Waals surface area contributed by atoms with Gasteiger partial charge in [0.05, 0.1) is 16.9 Å². The van der Waals surface area contributed by atoms with Gasteiger partial charge in [-0.05, 0) is 18.6 Å². The fraction of sp³-hybridized carbons (Fsp3) is 0.231. The van der Waals surface area contributed by atoms with Crippen LogP contribution in [0.15, 0.2) is 30.5 Å². The van der Waals surface area contributed by atoms with Crippen molar-refractivity contribution in [3.8, 4) is 5.75 Å². The van der Waals surface area contributed by atoms with E-state index in [0.29, 0.717) is 4.88 Å². The average molecular weight is 298 g/mol. The highest BCUT2D eigenvalue weighted by atomic mass is 32.1. The molecule has 0 aliphatic rings. The Morgan fingerprint density at radius 2 is 2.20 bits per heavy atom. The molecule has 4 nitrogen and oxygen atoms in total. The Kier molecular flexibility index (Phi) is 4.62. The van der Waals surface area contributed by atoms with Crippen molar-refractivity contribution in [2.24, 2.45) is 0 Å². The molecule has 2 rings (SSSR count). The third-order valence-corrected chi connectivity index (χ3v) is 3.57. The van der Waals surface area contributed by atoms with Crippen LogP contribution in [0.2, 0.25) is 0 Å². The summed E-state index contributed by atoms with van der Waals surface area (Å²) in [5.41, 5.74) is 0.198. The summed E-state index contributed by atoms with van der Waals surface area (Å²) in [7, 11) is 0. The zero-order valence-electron chi connectivity index (χ0n) is 10.6. The summed E-state index contributed by atoms with van der Waals surface area (Å²) < 4.78 is 28.9. The molecule has 0 aliphatic carbocycles. The van der Waals surface area contributed by atoms with Gasteiger partial charge in [0.25, 0.3) is 5.91 Å². The van der Waals surface area contributed by atoms with Crippen LogP contribution in [0.3, 0.4) is 0 Å². The molecule has 1 heterocycles. The minimum atomic E-state index is -2.94. The molecule has 1 N–H and O–H groups in total. The summed E-state index contributed by atoms with van der Waals surface area (Å²) >= 11 is 1.27. The molecule has 20 heavy (non-hydrogen) atoms. The molecule has 0 aliphatic heterocycles. The lowest BCUT2D eigenvalue weighted by molar-refractivity contribution is -0.0493. The minimum absolute atomic E-state index is 0.0731. The first-order valence-corrected chi connectivity index (χ1v) is 6.71. The number of carbonyl (C=O) groups excluding carboxylic acids is 1. The predicted octanol–water partition coefficient (Wildman–Crippen LogP) is 3.56. The Morgan fingerprint density at radius 3 is 2.85 bits per heavy atom. The van der Waals surface area contributed by atoms with Gasteiger partial charge >= 0.3 is 6.61 Å².